The zero-order valence-electron chi connectivity index (χ0n) is 18.8. The molecule has 184 valence electrons. The molecule has 34 heavy (non-hydrogen) atoms. The highest BCUT2D eigenvalue weighted by atomic mass is 19.4. The molecule has 2 saturated carbocycles. The second-order valence-electron chi connectivity index (χ2n) is 9.93. The maximum atomic E-state index is 13.1. The van der Waals surface area contributed by atoms with Crippen molar-refractivity contribution in [2.24, 2.45) is 28.9 Å². The molecule has 3 aliphatic rings. The van der Waals surface area contributed by atoms with Gasteiger partial charge in [-0.2, -0.15) is 18.3 Å². The second-order valence-corrected chi connectivity index (χ2v) is 9.93. The van der Waals surface area contributed by atoms with Crippen LogP contribution < -0.4 is 11.1 Å². The molecule has 2 aromatic rings. The number of carbonyl (C=O) groups is 2. The smallest absolute Gasteiger partial charge is 0.408 e. The number of methoxy groups -OCH3 is 1. The number of nitrogens with two attached hydrogens (primary N) is 1. The van der Waals surface area contributed by atoms with Crippen LogP contribution in [0.25, 0.3) is 5.65 Å². The number of esters is 1. The number of aromatic nitrogens is 3. The van der Waals surface area contributed by atoms with E-state index in [4.69, 9.17) is 10.5 Å². The summed E-state index contributed by atoms with van der Waals surface area (Å²) in [4.78, 5) is 30.0. The maximum absolute atomic E-state index is 13.1. The molecule has 3 fully saturated rings. The summed E-state index contributed by atoms with van der Waals surface area (Å²) >= 11 is 0. The molecule has 2 aliphatic carbocycles. The van der Waals surface area contributed by atoms with E-state index >= 15 is 0 Å². The molecule has 8 nitrogen and oxygen atoms in total. The predicted molar refractivity (Wildman–Crippen MR) is 114 cm³/mol. The molecule has 3 atom stereocenters. The van der Waals surface area contributed by atoms with Gasteiger partial charge in [0.25, 0.3) is 0 Å². The van der Waals surface area contributed by atoms with E-state index in [0.717, 1.165) is 12.8 Å². The first kappa shape index (κ1) is 23.1. The largest absolute Gasteiger partial charge is 0.468 e. The van der Waals surface area contributed by atoms with E-state index in [1.807, 2.05) is 5.32 Å². The average Bonchev–Trinajstić information content (AvgIpc) is 3.73. The van der Waals surface area contributed by atoms with Crippen LogP contribution in [0, 0.1) is 23.2 Å². The van der Waals surface area contributed by atoms with Crippen LogP contribution >= 0.6 is 0 Å². The van der Waals surface area contributed by atoms with Crippen LogP contribution in [0.5, 0.6) is 0 Å². The Kier molecular flexibility index (Phi) is 5.57. The summed E-state index contributed by atoms with van der Waals surface area (Å²) in [5.41, 5.74) is 6.53. The van der Waals surface area contributed by atoms with Crippen LogP contribution in [-0.2, 0) is 20.7 Å². The lowest BCUT2D eigenvalue weighted by atomic mass is 9.74. The number of ether oxygens (including phenoxy) is 1. The first-order valence-corrected chi connectivity index (χ1v) is 11.7. The van der Waals surface area contributed by atoms with E-state index in [-0.39, 0.29) is 18.9 Å². The van der Waals surface area contributed by atoms with Gasteiger partial charge in [0.2, 0.25) is 5.91 Å². The Hall–Kier alpha value is -2.69. The van der Waals surface area contributed by atoms with Gasteiger partial charge in [-0.1, -0.05) is 0 Å². The van der Waals surface area contributed by atoms with Crippen molar-refractivity contribution >= 4 is 17.5 Å². The number of hydrogen-bond donors (Lipinski definition) is 2. The van der Waals surface area contributed by atoms with Crippen LogP contribution in [0.2, 0.25) is 0 Å². The summed E-state index contributed by atoms with van der Waals surface area (Å²) in [7, 11) is 1.11. The zero-order valence-corrected chi connectivity index (χ0v) is 18.8. The minimum Gasteiger partial charge on any atom is -0.468 e. The number of alkyl halides is 3. The van der Waals surface area contributed by atoms with Gasteiger partial charge in [-0.3, -0.25) is 9.59 Å². The number of piperidine rings is 1. The van der Waals surface area contributed by atoms with E-state index in [0.29, 0.717) is 29.1 Å². The van der Waals surface area contributed by atoms with Gasteiger partial charge in [-0.15, -0.1) is 0 Å². The number of carbonyl (C=O) groups excluding carboxylic acids is 2. The Labute approximate surface area is 194 Å². The topological polar surface area (TPSA) is 112 Å². The normalized spacial score (nSPS) is 26.5. The summed E-state index contributed by atoms with van der Waals surface area (Å²) in [5.74, 6) is -0.154. The van der Waals surface area contributed by atoms with Gasteiger partial charge < -0.3 is 15.8 Å². The molecule has 5 rings (SSSR count). The Morgan fingerprint density at radius 2 is 1.94 bits per heavy atom. The highest BCUT2D eigenvalue weighted by Crippen LogP contribution is 2.53. The van der Waals surface area contributed by atoms with E-state index in [1.54, 1.807) is 22.8 Å². The minimum absolute atomic E-state index is 0.182. The van der Waals surface area contributed by atoms with Gasteiger partial charge in [0.15, 0.2) is 11.1 Å². The van der Waals surface area contributed by atoms with E-state index < -0.39 is 35.9 Å². The van der Waals surface area contributed by atoms with Gasteiger partial charge >= 0.3 is 12.1 Å². The molecular weight excluding hydrogens is 451 g/mol. The average molecular weight is 480 g/mol. The molecule has 1 aliphatic heterocycles. The van der Waals surface area contributed by atoms with Crippen molar-refractivity contribution in [3.63, 3.8) is 0 Å². The monoisotopic (exact) mass is 479 g/mol. The number of fused-ring (bicyclic) bond motifs is 1. The van der Waals surface area contributed by atoms with E-state index in [1.165, 1.54) is 25.7 Å². The van der Waals surface area contributed by atoms with Crippen LogP contribution in [0.1, 0.15) is 56.0 Å². The summed E-state index contributed by atoms with van der Waals surface area (Å²) in [5, 5.41) is 6.46. The molecule has 2 unspecified atom stereocenters. The van der Waals surface area contributed by atoms with Crippen LogP contribution in [0.15, 0.2) is 18.3 Å². The molecule has 0 spiro atoms. The van der Waals surface area contributed by atoms with Gasteiger partial charge in [-0.05, 0) is 68.4 Å². The van der Waals surface area contributed by atoms with Gasteiger partial charge in [-0.25, -0.2) is 9.50 Å². The standard InChI is InChI=1S/C23H28F3N5O3/c1-34-21(33)22(9-8-16(23(24,25)26)29-20(22)32)10-14-6-7-17-28-15(11-31(17)30-14)19(27)18(12-2-3-12)13-4-5-13/h6-7,11-13,16,18-19H,2-5,8-10,27H2,1H3,(H,29,32)/t16?,19-,22?/m1/s1. The number of rotatable bonds is 7. The van der Waals surface area contributed by atoms with Gasteiger partial charge in [0, 0.05) is 6.42 Å². The van der Waals surface area contributed by atoms with Gasteiger partial charge in [0.05, 0.1) is 30.7 Å². The summed E-state index contributed by atoms with van der Waals surface area (Å²) in [6.07, 6.45) is 1.12. The molecule has 1 saturated heterocycles. The van der Waals surface area contributed by atoms with Crippen molar-refractivity contribution in [2.75, 3.05) is 7.11 Å². The Bertz CT molecular complexity index is 1100. The van der Waals surface area contributed by atoms with E-state index in [2.05, 4.69) is 10.1 Å². The van der Waals surface area contributed by atoms with Crippen molar-refractivity contribution < 1.29 is 27.5 Å². The van der Waals surface area contributed by atoms with Crippen molar-refractivity contribution in [2.45, 2.75) is 63.2 Å². The van der Waals surface area contributed by atoms with Crippen molar-refractivity contribution in [1.29, 1.82) is 0 Å². The Balaban J connectivity index is 1.39. The molecule has 1 amide bonds. The number of amides is 1. The fourth-order valence-corrected chi connectivity index (χ4v) is 5.38. The third-order valence-corrected chi connectivity index (χ3v) is 7.54. The quantitative estimate of drug-likeness (QED) is 0.467. The zero-order chi connectivity index (χ0) is 24.3. The number of nitrogens with zero attached hydrogens (tertiary/aromatic N) is 3. The summed E-state index contributed by atoms with van der Waals surface area (Å²) in [6.45, 7) is 0. The fraction of sp³-hybridized carbons (Fsp3) is 0.652. The van der Waals surface area contributed by atoms with Crippen molar-refractivity contribution in [3.8, 4) is 0 Å². The Morgan fingerprint density at radius 1 is 1.26 bits per heavy atom. The maximum Gasteiger partial charge on any atom is 0.408 e. The minimum atomic E-state index is -4.58. The molecule has 3 heterocycles. The first-order valence-electron chi connectivity index (χ1n) is 11.7. The molecular formula is C23H28F3N5O3. The molecule has 0 aromatic carbocycles. The first-order chi connectivity index (χ1) is 16.1. The Morgan fingerprint density at radius 3 is 2.50 bits per heavy atom. The third kappa shape index (κ3) is 4.14. The number of nitrogens with one attached hydrogen (secondary N) is 1. The molecule has 2 aromatic heterocycles. The third-order valence-electron chi connectivity index (χ3n) is 7.54. The van der Waals surface area contributed by atoms with E-state index in [9.17, 15) is 22.8 Å². The van der Waals surface area contributed by atoms with Crippen molar-refractivity contribution in [1.82, 2.24) is 19.9 Å². The van der Waals surface area contributed by atoms with Crippen LogP contribution in [-0.4, -0.2) is 45.8 Å². The highest BCUT2D eigenvalue weighted by molar-refractivity contribution is 6.03. The molecule has 3 N–H and O–H groups in total. The lowest BCUT2D eigenvalue weighted by molar-refractivity contribution is -0.181. The SMILES string of the molecule is COC(=O)C1(Cc2ccc3nc([C@@H](N)C(C4CC4)C4CC4)cn3n2)CCC(C(F)(F)F)NC1=O. The number of hydrogen-bond acceptors (Lipinski definition) is 6. The van der Waals surface area contributed by atoms with Gasteiger partial charge in [0.1, 0.15) is 6.04 Å². The second kappa shape index (κ2) is 8.21. The van der Waals surface area contributed by atoms with Crippen LogP contribution in [0.4, 0.5) is 13.2 Å². The lowest BCUT2D eigenvalue weighted by Gasteiger charge is -2.37. The number of imidazole rings is 1. The predicted octanol–water partition coefficient (Wildman–Crippen LogP) is 2.71. The summed E-state index contributed by atoms with van der Waals surface area (Å²) < 4.78 is 45.7. The molecule has 11 heteroatoms. The molecule has 0 bridgehead atoms. The molecule has 0 radical (unpaired) electrons. The van der Waals surface area contributed by atoms with Crippen molar-refractivity contribution in [3.05, 3.63) is 29.7 Å². The summed E-state index contributed by atoms with van der Waals surface area (Å²) in [6, 6.07) is 1.17. The fourth-order valence-electron chi connectivity index (χ4n) is 5.38. The highest BCUT2D eigenvalue weighted by Gasteiger charge is 2.55. The number of halogens is 3. The lowest BCUT2D eigenvalue weighted by Crippen LogP contribution is -2.59. The van der Waals surface area contributed by atoms with Crippen LogP contribution in [0.3, 0.4) is 0 Å².